The first-order chi connectivity index (χ1) is 16.3. The molecule has 7 rings (SSSR count). The van der Waals surface area contributed by atoms with Gasteiger partial charge in [0.2, 0.25) is 0 Å². The van der Waals surface area contributed by atoms with Crippen LogP contribution in [0.2, 0.25) is 0 Å². The van der Waals surface area contributed by atoms with Crippen LogP contribution in [0.25, 0.3) is 53.2 Å². The largest absolute Gasteiger partial charge is 0.456 e. The molecule has 0 radical (unpaired) electrons. The van der Waals surface area contributed by atoms with Gasteiger partial charge in [0.15, 0.2) is 0 Å². The van der Waals surface area contributed by atoms with Crippen molar-refractivity contribution in [2.24, 2.45) is 0 Å². The Kier molecular flexibility index (Phi) is 4.05. The maximum Gasteiger partial charge on any atom is 0.137 e. The molecule has 2 nitrogen and oxygen atoms in total. The maximum absolute atomic E-state index is 6.19. The van der Waals surface area contributed by atoms with Crippen LogP contribution in [-0.4, -0.2) is 0 Å². The standard InChI is InChI=1S/C30H19NOS/c1-2-7-19(8-3-1)20-13-16-26-24(17-20)30-25(10-6-11-27(30)32-26)31-21-14-15-23-22-9-4-5-12-28(22)33-29(23)18-21/h1-18,31H. The summed E-state index contributed by atoms with van der Waals surface area (Å²) >= 11 is 1.84. The summed E-state index contributed by atoms with van der Waals surface area (Å²) in [5.41, 5.74) is 6.32. The fraction of sp³-hybridized carbons (Fsp3) is 0. The van der Waals surface area contributed by atoms with Gasteiger partial charge in [0.25, 0.3) is 0 Å². The number of furan rings is 1. The van der Waals surface area contributed by atoms with Gasteiger partial charge in [-0.25, -0.2) is 0 Å². The number of anilines is 2. The predicted molar refractivity (Wildman–Crippen MR) is 142 cm³/mol. The van der Waals surface area contributed by atoms with Crippen molar-refractivity contribution < 1.29 is 4.42 Å². The Hall–Kier alpha value is -4.08. The van der Waals surface area contributed by atoms with Gasteiger partial charge in [-0.3, -0.25) is 0 Å². The zero-order valence-electron chi connectivity index (χ0n) is 17.7. The summed E-state index contributed by atoms with van der Waals surface area (Å²) in [5.74, 6) is 0. The van der Waals surface area contributed by atoms with Gasteiger partial charge in [0, 0.05) is 31.2 Å². The van der Waals surface area contributed by atoms with Crippen LogP contribution >= 0.6 is 11.3 Å². The lowest BCUT2D eigenvalue weighted by Gasteiger charge is -2.08. The monoisotopic (exact) mass is 441 g/mol. The predicted octanol–water partition coefficient (Wildman–Crippen LogP) is 9.36. The molecule has 0 spiro atoms. The van der Waals surface area contributed by atoms with Crippen molar-refractivity contribution in [3.8, 4) is 11.1 Å². The van der Waals surface area contributed by atoms with Crippen LogP contribution in [0.4, 0.5) is 11.4 Å². The highest BCUT2D eigenvalue weighted by Gasteiger charge is 2.13. The Bertz CT molecular complexity index is 1790. The third-order valence-corrected chi connectivity index (χ3v) is 7.39. The number of benzene rings is 5. The molecule has 0 atom stereocenters. The van der Waals surface area contributed by atoms with Crippen molar-refractivity contribution in [3.05, 3.63) is 109 Å². The van der Waals surface area contributed by atoms with Gasteiger partial charge in [-0.2, -0.15) is 0 Å². The summed E-state index contributed by atoms with van der Waals surface area (Å²) in [6.07, 6.45) is 0. The van der Waals surface area contributed by atoms with Crippen LogP contribution < -0.4 is 5.32 Å². The molecule has 3 heteroatoms. The first-order valence-electron chi connectivity index (χ1n) is 11.0. The third-order valence-electron chi connectivity index (χ3n) is 6.26. The summed E-state index contributed by atoms with van der Waals surface area (Å²) in [6.45, 7) is 0. The van der Waals surface area contributed by atoms with Crippen molar-refractivity contribution in [2.45, 2.75) is 0 Å². The normalized spacial score (nSPS) is 11.6. The molecule has 0 saturated heterocycles. The zero-order chi connectivity index (χ0) is 21.8. The SMILES string of the molecule is c1ccc(-c2ccc3oc4cccc(Nc5ccc6c(c5)sc5ccccc56)c4c3c2)cc1. The molecule has 0 saturated carbocycles. The highest BCUT2D eigenvalue weighted by molar-refractivity contribution is 7.25. The van der Waals surface area contributed by atoms with Gasteiger partial charge in [-0.15, -0.1) is 11.3 Å². The van der Waals surface area contributed by atoms with Crippen molar-refractivity contribution in [1.82, 2.24) is 0 Å². The molecule has 1 N–H and O–H groups in total. The highest BCUT2D eigenvalue weighted by atomic mass is 32.1. The summed E-state index contributed by atoms with van der Waals surface area (Å²) < 4.78 is 8.80. The summed E-state index contributed by atoms with van der Waals surface area (Å²) in [5, 5.41) is 8.53. The minimum atomic E-state index is 0.892. The van der Waals surface area contributed by atoms with Crippen molar-refractivity contribution in [1.29, 1.82) is 0 Å². The number of nitrogens with one attached hydrogen (secondary N) is 1. The van der Waals surface area contributed by atoms with Gasteiger partial charge in [0.1, 0.15) is 11.2 Å². The molecule has 7 aromatic rings. The van der Waals surface area contributed by atoms with Gasteiger partial charge in [0.05, 0.1) is 11.1 Å². The van der Waals surface area contributed by atoms with E-state index in [0.29, 0.717) is 0 Å². The first kappa shape index (κ1) is 18.5. The van der Waals surface area contributed by atoms with E-state index >= 15 is 0 Å². The first-order valence-corrected chi connectivity index (χ1v) is 11.8. The molecule has 156 valence electrons. The number of hydrogen-bond acceptors (Lipinski definition) is 3. The van der Waals surface area contributed by atoms with Crippen LogP contribution in [0.3, 0.4) is 0 Å². The average molecular weight is 442 g/mol. The van der Waals surface area contributed by atoms with Gasteiger partial charge in [-0.05, 0) is 53.6 Å². The van der Waals surface area contributed by atoms with E-state index < -0.39 is 0 Å². The fourth-order valence-electron chi connectivity index (χ4n) is 4.70. The fourth-order valence-corrected chi connectivity index (χ4v) is 5.85. The van der Waals surface area contributed by atoms with Crippen LogP contribution in [0.15, 0.2) is 114 Å². The van der Waals surface area contributed by atoms with E-state index in [1.165, 1.54) is 31.3 Å². The van der Waals surface area contributed by atoms with Crippen molar-refractivity contribution >= 4 is 64.8 Å². The van der Waals surface area contributed by atoms with E-state index in [0.717, 1.165) is 33.3 Å². The third kappa shape index (κ3) is 3.01. The summed E-state index contributed by atoms with van der Waals surface area (Å²) in [6, 6.07) is 38.4. The molecule has 2 aromatic heterocycles. The Morgan fingerprint density at radius 1 is 0.545 bits per heavy atom. The molecule has 0 amide bonds. The second-order valence-corrected chi connectivity index (χ2v) is 9.38. The van der Waals surface area contributed by atoms with E-state index in [-0.39, 0.29) is 0 Å². The quantitative estimate of drug-likeness (QED) is 0.295. The smallest absolute Gasteiger partial charge is 0.137 e. The molecule has 2 heterocycles. The van der Waals surface area contributed by atoms with Gasteiger partial charge >= 0.3 is 0 Å². The Balaban J connectivity index is 1.37. The summed E-state index contributed by atoms with van der Waals surface area (Å²) in [4.78, 5) is 0. The number of hydrogen-bond donors (Lipinski definition) is 1. The van der Waals surface area contributed by atoms with Crippen LogP contribution in [0, 0.1) is 0 Å². The van der Waals surface area contributed by atoms with Crippen molar-refractivity contribution in [2.75, 3.05) is 5.32 Å². The minimum absolute atomic E-state index is 0.892. The Morgan fingerprint density at radius 3 is 2.33 bits per heavy atom. The topological polar surface area (TPSA) is 25.2 Å². The van der Waals surface area contributed by atoms with Crippen LogP contribution in [-0.2, 0) is 0 Å². The Labute approximate surface area is 194 Å². The van der Waals surface area contributed by atoms with Crippen molar-refractivity contribution in [3.63, 3.8) is 0 Å². The summed E-state index contributed by atoms with van der Waals surface area (Å²) in [7, 11) is 0. The van der Waals surface area contributed by atoms with E-state index in [1.54, 1.807) is 0 Å². The number of rotatable bonds is 3. The van der Waals surface area contributed by atoms with Gasteiger partial charge in [-0.1, -0.05) is 66.7 Å². The lowest BCUT2D eigenvalue weighted by Crippen LogP contribution is -1.90. The average Bonchev–Trinajstić information content (AvgIpc) is 3.42. The van der Waals surface area contributed by atoms with E-state index in [4.69, 9.17) is 4.42 Å². The van der Waals surface area contributed by atoms with E-state index in [1.807, 2.05) is 29.5 Å². The molecule has 0 bridgehead atoms. The molecule has 0 fully saturated rings. The van der Waals surface area contributed by atoms with E-state index in [2.05, 4.69) is 96.3 Å². The minimum Gasteiger partial charge on any atom is -0.456 e. The molecular weight excluding hydrogens is 422 g/mol. The molecule has 0 unspecified atom stereocenters. The van der Waals surface area contributed by atoms with Gasteiger partial charge < -0.3 is 9.73 Å². The van der Waals surface area contributed by atoms with Crippen LogP contribution in [0.1, 0.15) is 0 Å². The Morgan fingerprint density at radius 2 is 1.39 bits per heavy atom. The second-order valence-electron chi connectivity index (χ2n) is 8.29. The second kappa shape index (κ2) is 7.22. The zero-order valence-corrected chi connectivity index (χ0v) is 18.5. The lowest BCUT2D eigenvalue weighted by atomic mass is 10.0. The molecule has 0 aliphatic carbocycles. The molecule has 33 heavy (non-hydrogen) atoms. The number of thiophene rings is 1. The molecule has 0 aliphatic rings. The lowest BCUT2D eigenvalue weighted by molar-refractivity contribution is 0.669. The molecule has 5 aromatic carbocycles. The molecular formula is C30H19NOS. The maximum atomic E-state index is 6.19. The number of fused-ring (bicyclic) bond motifs is 6. The van der Waals surface area contributed by atoms with Crippen LogP contribution in [0.5, 0.6) is 0 Å². The molecule has 0 aliphatic heterocycles. The van der Waals surface area contributed by atoms with E-state index in [9.17, 15) is 0 Å². The highest BCUT2D eigenvalue weighted by Crippen LogP contribution is 2.39.